The highest BCUT2D eigenvalue weighted by Crippen LogP contribution is 2.21. The first-order chi connectivity index (χ1) is 15.2. The number of nitrogens with zero attached hydrogens (tertiary/aromatic N) is 2. The van der Waals surface area contributed by atoms with Gasteiger partial charge in [-0.3, -0.25) is 9.59 Å². The Bertz CT molecular complexity index is 1210. The topological polar surface area (TPSA) is 75.5 Å². The molecule has 1 aromatic heterocycles. The van der Waals surface area contributed by atoms with Gasteiger partial charge >= 0.3 is 0 Å². The SMILES string of the molecule is O=C(CNC(=O)c1ccccc1)N/N=C\c1cn(Cc2ccccc2)c2ccccc12. The molecule has 3 aromatic carbocycles. The highest BCUT2D eigenvalue weighted by molar-refractivity contribution is 6.00. The fourth-order valence-electron chi connectivity index (χ4n) is 3.35. The summed E-state index contributed by atoms with van der Waals surface area (Å²) in [6.45, 7) is 0.591. The van der Waals surface area contributed by atoms with Crippen LogP contribution < -0.4 is 10.7 Å². The standard InChI is InChI=1S/C25H22N4O2/c30-24(16-26-25(31)20-11-5-2-6-12-20)28-27-15-21-18-29(17-19-9-3-1-4-10-19)23-14-8-7-13-22(21)23/h1-15,18H,16-17H2,(H,26,31)(H,28,30)/b27-15-. The van der Waals surface area contributed by atoms with Crippen LogP contribution in [0, 0.1) is 0 Å². The summed E-state index contributed by atoms with van der Waals surface area (Å²) >= 11 is 0. The molecule has 6 nitrogen and oxygen atoms in total. The zero-order valence-corrected chi connectivity index (χ0v) is 16.9. The minimum atomic E-state index is -0.395. The van der Waals surface area contributed by atoms with Gasteiger partial charge in [-0.2, -0.15) is 5.10 Å². The Morgan fingerprint density at radius 1 is 0.871 bits per heavy atom. The van der Waals surface area contributed by atoms with E-state index in [0.717, 1.165) is 23.0 Å². The summed E-state index contributed by atoms with van der Waals surface area (Å²) in [6, 6.07) is 27.0. The van der Waals surface area contributed by atoms with Crippen LogP contribution in [0.2, 0.25) is 0 Å². The van der Waals surface area contributed by atoms with Gasteiger partial charge in [-0.1, -0.05) is 66.7 Å². The van der Waals surface area contributed by atoms with Crippen LogP contribution in [0.1, 0.15) is 21.5 Å². The van der Waals surface area contributed by atoms with Crippen molar-refractivity contribution in [1.82, 2.24) is 15.3 Å². The summed E-state index contributed by atoms with van der Waals surface area (Å²) in [4.78, 5) is 24.0. The molecule has 1 heterocycles. The molecule has 0 radical (unpaired) electrons. The number of carbonyl (C=O) groups is 2. The van der Waals surface area contributed by atoms with Crippen molar-refractivity contribution in [3.05, 3.63) is 108 Å². The van der Waals surface area contributed by atoms with E-state index in [-0.39, 0.29) is 12.5 Å². The van der Waals surface area contributed by atoms with Crippen molar-refractivity contribution in [3.8, 4) is 0 Å². The number of hydrogen-bond acceptors (Lipinski definition) is 3. The number of amides is 2. The minimum Gasteiger partial charge on any atom is -0.343 e. The molecule has 2 amide bonds. The maximum Gasteiger partial charge on any atom is 0.259 e. The van der Waals surface area contributed by atoms with Gasteiger partial charge in [0, 0.05) is 34.8 Å². The highest BCUT2D eigenvalue weighted by Gasteiger charge is 2.08. The molecule has 0 atom stereocenters. The number of para-hydroxylation sites is 1. The van der Waals surface area contributed by atoms with Crippen molar-refractivity contribution in [2.75, 3.05) is 6.54 Å². The summed E-state index contributed by atoms with van der Waals surface area (Å²) in [7, 11) is 0. The first kappa shape index (κ1) is 20.1. The second-order valence-corrected chi connectivity index (χ2v) is 7.06. The number of rotatable bonds is 7. The lowest BCUT2D eigenvalue weighted by Crippen LogP contribution is -2.34. The number of carbonyl (C=O) groups excluding carboxylic acids is 2. The molecule has 31 heavy (non-hydrogen) atoms. The number of hydrazone groups is 1. The Kier molecular flexibility index (Phi) is 6.18. The molecular formula is C25H22N4O2. The third kappa shape index (κ3) is 5.05. The smallest absolute Gasteiger partial charge is 0.259 e. The van der Waals surface area contributed by atoms with Gasteiger partial charge in [0.05, 0.1) is 12.8 Å². The van der Waals surface area contributed by atoms with E-state index in [1.165, 1.54) is 5.56 Å². The maximum atomic E-state index is 12.0. The molecule has 2 N–H and O–H groups in total. The lowest BCUT2D eigenvalue weighted by molar-refractivity contribution is -0.120. The molecule has 0 bridgehead atoms. The molecule has 0 saturated carbocycles. The molecule has 0 spiro atoms. The zero-order chi connectivity index (χ0) is 21.5. The van der Waals surface area contributed by atoms with Crippen molar-refractivity contribution in [2.45, 2.75) is 6.54 Å². The van der Waals surface area contributed by atoms with E-state index in [0.29, 0.717) is 5.56 Å². The van der Waals surface area contributed by atoms with Gasteiger partial charge < -0.3 is 9.88 Å². The van der Waals surface area contributed by atoms with E-state index in [1.807, 2.05) is 48.7 Å². The second kappa shape index (κ2) is 9.54. The molecule has 154 valence electrons. The Hall–Kier alpha value is -4.19. The summed E-state index contributed by atoms with van der Waals surface area (Å²) in [6.07, 6.45) is 3.64. The maximum absolute atomic E-state index is 12.0. The lowest BCUT2D eigenvalue weighted by Gasteiger charge is -2.05. The fraction of sp³-hybridized carbons (Fsp3) is 0.0800. The van der Waals surface area contributed by atoms with Crippen molar-refractivity contribution < 1.29 is 9.59 Å². The van der Waals surface area contributed by atoms with Crippen LogP contribution in [-0.2, 0) is 11.3 Å². The largest absolute Gasteiger partial charge is 0.343 e. The van der Waals surface area contributed by atoms with Crippen molar-refractivity contribution >= 4 is 28.9 Å². The minimum absolute atomic E-state index is 0.152. The van der Waals surface area contributed by atoms with Crippen molar-refractivity contribution in [1.29, 1.82) is 0 Å². The quantitative estimate of drug-likeness (QED) is 0.361. The van der Waals surface area contributed by atoms with Gasteiger partial charge in [-0.15, -0.1) is 0 Å². The molecule has 4 aromatic rings. The number of benzene rings is 3. The third-order valence-electron chi connectivity index (χ3n) is 4.85. The van der Waals surface area contributed by atoms with Crippen molar-refractivity contribution in [2.24, 2.45) is 5.10 Å². The lowest BCUT2D eigenvalue weighted by atomic mass is 10.2. The number of hydrogen-bond donors (Lipinski definition) is 2. The van der Waals surface area contributed by atoms with E-state index in [4.69, 9.17) is 0 Å². The van der Waals surface area contributed by atoms with E-state index in [9.17, 15) is 9.59 Å². The summed E-state index contributed by atoms with van der Waals surface area (Å²) in [5.74, 6) is -0.697. The Morgan fingerprint density at radius 3 is 2.32 bits per heavy atom. The van der Waals surface area contributed by atoms with E-state index in [2.05, 4.69) is 38.6 Å². The Morgan fingerprint density at radius 2 is 1.55 bits per heavy atom. The van der Waals surface area contributed by atoms with Crippen LogP contribution in [0.5, 0.6) is 0 Å². The van der Waals surface area contributed by atoms with Crippen LogP contribution in [0.4, 0.5) is 0 Å². The second-order valence-electron chi connectivity index (χ2n) is 7.06. The summed E-state index contributed by atoms with van der Waals surface area (Å²) in [5, 5.41) is 7.70. The molecule has 0 aliphatic carbocycles. The van der Waals surface area contributed by atoms with E-state index in [1.54, 1.807) is 30.5 Å². The molecule has 0 aliphatic heterocycles. The van der Waals surface area contributed by atoms with Gasteiger partial charge in [0.15, 0.2) is 0 Å². The van der Waals surface area contributed by atoms with Gasteiger partial charge in [0.2, 0.25) is 0 Å². The first-order valence-corrected chi connectivity index (χ1v) is 9.97. The van der Waals surface area contributed by atoms with E-state index >= 15 is 0 Å². The monoisotopic (exact) mass is 410 g/mol. The van der Waals surface area contributed by atoms with Gasteiger partial charge in [0.1, 0.15) is 0 Å². The van der Waals surface area contributed by atoms with Crippen LogP contribution in [-0.4, -0.2) is 29.1 Å². The fourth-order valence-corrected chi connectivity index (χ4v) is 3.35. The molecular weight excluding hydrogens is 388 g/mol. The van der Waals surface area contributed by atoms with Crippen LogP contribution in [0.3, 0.4) is 0 Å². The number of nitrogens with one attached hydrogen (secondary N) is 2. The van der Waals surface area contributed by atoms with Gasteiger partial charge in [0.25, 0.3) is 11.8 Å². The van der Waals surface area contributed by atoms with E-state index < -0.39 is 5.91 Å². The van der Waals surface area contributed by atoms with Gasteiger partial charge in [-0.25, -0.2) is 5.43 Å². The molecule has 0 saturated heterocycles. The first-order valence-electron chi connectivity index (χ1n) is 9.97. The molecule has 0 unspecified atom stereocenters. The van der Waals surface area contributed by atoms with Crippen LogP contribution >= 0.6 is 0 Å². The summed E-state index contributed by atoms with van der Waals surface area (Å²) < 4.78 is 2.16. The normalized spacial score (nSPS) is 11.0. The Balaban J connectivity index is 1.40. The van der Waals surface area contributed by atoms with Crippen molar-refractivity contribution in [3.63, 3.8) is 0 Å². The molecule has 6 heteroatoms. The predicted octanol–water partition coefficient (Wildman–Crippen LogP) is 3.57. The number of aromatic nitrogens is 1. The third-order valence-corrected chi connectivity index (χ3v) is 4.85. The predicted molar refractivity (Wildman–Crippen MR) is 122 cm³/mol. The molecule has 0 aliphatic rings. The molecule has 4 rings (SSSR count). The average molecular weight is 410 g/mol. The number of fused-ring (bicyclic) bond motifs is 1. The average Bonchev–Trinajstić information content (AvgIpc) is 3.16. The Labute approximate surface area is 180 Å². The zero-order valence-electron chi connectivity index (χ0n) is 16.9. The highest BCUT2D eigenvalue weighted by atomic mass is 16.2. The van der Waals surface area contributed by atoms with Gasteiger partial charge in [-0.05, 0) is 23.8 Å². The van der Waals surface area contributed by atoms with Crippen LogP contribution in [0.25, 0.3) is 10.9 Å². The molecule has 0 fully saturated rings. The summed E-state index contributed by atoms with van der Waals surface area (Å²) in [5.41, 5.74) is 6.17. The van der Waals surface area contributed by atoms with Crippen LogP contribution in [0.15, 0.2) is 96.2 Å².